The van der Waals surface area contributed by atoms with E-state index >= 15 is 0 Å². The van der Waals surface area contributed by atoms with E-state index in [0.717, 1.165) is 22.6 Å². The molecule has 0 saturated heterocycles. The van der Waals surface area contributed by atoms with Crippen LogP contribution in [-0.2, 0) is 0 Å². The van der Waals surface area contributed by atoms with Crippen LogP contribution in [0.2, 0.25) is 0 Å². The minimum Gasteiger partial charge on any atom is -0.207 e. The van der Waals surface area contributed by atoms with Crippen molar-refractivity contribution in [3.8, 4) is 0 Å². The van der Waals surface area contributed by atoms with Gasteiger partial charge in [0.1, 0.15) is 5.82 Å². The molecular formula is C10H13FS. The van der Waals surface area contributed by atoms with E-state index in [1.54, 1.807) is 17.8 Å². The minimum absolute atomic E-state index is 0.140. The van der Waals surface area contributed by atoms with E-state index in [4.69, 9.17) is 0 Å². The normalized spacial score (nSPS) is 10.2. The summed E-state index contributed by atoms with van der Waals surface area (Å²) in [6.45, 7) is 4.14. The maximum Gasteiger partial charge on any atom is 0.124 e. The van der Waals surface area contributed by atoms with Crippen molar-refractivity contribution in [2.45, 2.75) is 25.2 Å². The first-order valence-electron chi connectivity index (χ1n) is 4.13. The fraction of sp³-hybridized carbons (Fsp3) is 0.400. The zero-order valence-electron chi connectivity index (χ0n) is 7.43. The topological polar surface area (TPSA) is 0 Å². The smallest absolute Gasteiger partial charge is 0.124 e. The van der Waals surface area contributed by atoms with Crippen LogP contribution < -0.4 is 0 Å². The molecule has 0 heterocycles. The Morgan fingerprint density at radius 3 is 2.83 bits per heavy atom. The predicted molar refractivity (Wildman–Crippen MR) is 52.2 cm³/mol. The Morgan fingerprint density at radius 2 is 2.17 bits per heavy atom. The van der Waals surface area contributed by atoms with Gasteiger partial charge in [0.15, 0.2) is 0 Å². The SMILES string of the molecule is CCCSc1cc(F)ccc1C. The molecule has 0 atom stereocenters. The molecule has 0 spiro atoms. The van der Waals surface area contributed by atoms with Gasteiger partial charge in [-0.05, 0) is 36.8 Å². The second kappa shape index (κ2) is 4.51. The predicted octanol–water partition coefficient (Wildman–Crippen LogP) is 3.64. The van der Waals surface area contributed by atoms with E-state index in [9.17, 15) is 4.39 Å². The number of hydrogen-bond donors (Lipinski definition) is 0. The second-order valence-corrected chi connectivity index (χ2v) is 3.90. The summed E-state index contributed by atoms with van der Waals surface area (Å²) in [6, 6.07) is 4.94. The van der Waals surface area contributed by atoms with Crippen LogP contribution in [0.5, 0.6) is 0 Å². The van der Waals surface area contributed by atoms with Gasteiger partial charge in [-0.25, -0.2) is 4.39 Å². The lowest BCUT2D eigenvalue weighted by molar-refractivity contribution is 0.623. The quantitative estimate of drug-likeness (QED) is 0.646. The van der Waals surface area contributed by atoms with Gasteiger partial charge in [-0.1, -0.05) is 13.0 Å². The van der Waals surface area contributed by atoms with Gasteiger partial charge in [0.2, 0.25) is 0 Å². The number of thioether (sulfide) groups is 1. The van der Waals surface area contributed by atoms with Crippen LogP contribution in [0.25, 0.3) is 0 Å². The summed E-state index contributed by atoms with van der Waals surface area (Å²) in [4.78, 5) is 1.07. The fourth-order valence-corrected chi connectivity index (χ4v) is 1.86. The molecule has 0 saturated carbocycles. The van der Waals surface area contributed by atoms with Crippen molar-refractivity contribution in [1.29, 1.82) is 0 Å². The van der Waals surface area contributed by atoms with Crippen molar-refractivity contribution < 1.29 is 4.39 Å². The third-order valence-electron chi connectivity index (χ3n) is 1.61. The van der Waals surface area contributed by atoms with E-state index in [1.165, 1.54) is 6.07 Å². The molecule has 0 aliphatic rings. The molecule has 0 aromatic heterocycles. The van der Waals surface area contributed by atoms with Crippen molar-refractivity contribution in [1.82, 2.24) is 0 Å². The highest BCUT2D eigenvalue weighted by atomic mass is 32.2. The molecule has 0 bridgehead atoms. The zero-order chi connectivity index (χ0) is 8.97. The molecule has 0 aliphatic carbocycles. The first kappa shape index (κ1) is 9.59. The Labute approximate surface area is 77.2 Å². The third kappa shape index (κ3) is 2.52. The van der Waals surface area contributed by atoms with Crippen LogP contribution >= 0.6 is 11.8 Å². The van der Waals surface area contributed by atoms with Gasteiger partial charge in [0.25, 0.3) is 0 Å². The summed E-state index contributed by atoms with van der Waals surface area (Å²) in [5, 5.41) is 0. The van der Waals surface area contributed by atoms with E-state index in [-0.39, 0.29) is 5.82 Å². The van der Waals surface area contributed by atoms with E-state index in [0.29, 0.717) is 0 Å². The minimum atomic E-state index is -0.140. The number of benzene rings is 1. The third-order valence-corrected chi connectivity index (χ3v) is 2.98. The van der Waals surface area contributed by atoms with Gasteiger partial charge in [0.05, 0.1) is 0 Å². The lowest BCUT2D eigenvalue weighted by Crippen LogP contribution is -1.83. The zero-order valence-corrected chi connectivity index (χ0v) is 8.25. The molecule has 0 radical (unpaired) electrons. The Hall–Kier alpha value is -0.500. The summed E-state index contributed by atoms with van der Waals surface area (Å²) in [5.41, 5.74) is 1.16. The number of rotatable bonds is 3. The molecule has 1 aromatic carbocycles. The van der Waals surface area contributed by atoms with Crippen molar-refractivity contribution in [2.24, 2.45) is 0 Å². The van der Waals surface area contributed by atoms with Crippen LogP contribution in [0.3, 0.4) is 0 Å². The van der Waals surface area contributed by atoms with Crippen molar-refractivity contribution >= 4 is 11.8 Å². The molecule has 0 nitrogen and oxygen atoms in total. The molecule has 66 valence electrons. The molecule has 0 N–H and O–H groups in total. The summed E-state index contributed by atoms with van der Waals surface area (Å²) in [6.07, 6.45) is 1.13. The Bertz CT molecular complexity index is 258. The summed E-state index contributed by atoms with van der Waals surface area (Å²) < 4.78 is 12.8. The monoisotopic (exact) mass is 184 g/mol. The molecular weight excluding hydrogens is 171 g/mol. The van der Waals surface area contributed by atoms with Crippen LogP contribution in [0, 0.1) is 12.7 Å². The summed E-state index contributed by atoms with van der Waals surface area (Å²) in [5.74, 6) is 0.920. The molecule has 1 rings (SSSR count). The molecule has 0 unspecified atom stereocenters. The number of hydrogen-bond acceptors (Lipinski definition) is 1. The van der Waals surface area contributed by atoms with Gasteiger partial charge in [-0.3, -0.25) is 0 Å². The fourth-order valence-electron chi connectivity index (χ4n) is 0.941. The first-order valence-corrected chi connectivity index (χ1v) is 5.11. The summed E-state index contributed by atoms with van der Waals surface area (Å²) in [7, 11) is 0. The Morgan fingerprint density at radius 1 is 1.42 bits per heavy atom. The molecule has 0 fully saturated rings. The van der Waals surface area contributed by atoms with Crippen LogP contribution in [0.15, 0.2) is 23.1 Å². The summed E-state index contributed by atoms with van der Waals surface area (Å²) >= 11 is 1.72. The van der Waals surface area contributed by atoms with Gasteiger partial charge >= 0.3 is 0 Å². The molecule has 0 aliphatic heterocycles. The second-order valence-electron chi connectivity index (χ2n) is 2.76. The highest BCUT2D eigenvalue weighted by molar-refractivity contribution is 7.99. The number of aryl methyl sites for hydroxylation is 1. The van der Waals surface area contributed by atoms with E-state index in [1.807, 2.05) is 13.0 Å². The Balaban J connectivity index is 2.75. The average molecular weight is 184 g/mol. The highest BCUT2D eigenvalue weighted by Gasteiger charge is 1.99. The van der Waals surface area contributed by atoms with E-state index < -0.39 is 0 Å². The van der Waals surface area contributed by atoms with E-state index in [2.05, 4.69) is 6.92 Å². The first-order chi connectivity index (χ1) is 5.74. The maximum absolute atomic E-state index is 12.8. The van der Waals surface area contributed by atoms with Crippen molar-refractivity contribution in [2.75, 3.05) is 5.75 Å². The van der Waals surface area contributed by atoms with Gasteiger partial charge in [0, 0.05) is 4.90 Å². The van der Waals surface area contributed by atoms with Gasteiger partial charge in [-0.15, -0.1) is 11.8 Å². The molecule has 0 amide bonds. The molecule has 1 aromatic rings. The van der Waals surface area contributed by atoms with Crippen molar-refractivity contribution in [3.05, 3.63) is 29.6 Å². The van der Waals surface area contributed by atoms with Gasteiger partial charge < -0.3 is 0 Å². The highest BCUT2D eigenvalue weighted by Crippen LogP contribution is 2.23. The lowest BCUT2D eigenvalue weighted by atomic mass is 10.2. The molecule has 12 heavy (non-hydrogen) atoms. The standard InChI is InChI=1S/C10H13FS/c1-3-6-12-10-7-9(11)5-4-8(10)2/h4-5,7H,3,6H2,1-2H3. The lowest BCUT2D eigenvalue weighted by Gasteiger charge is -2.03. The largest absolute Gasteiger partial charge is 0.207 e. The Kier molecular flexibility index (Phi) is 3.60. The average Bonchev–Trinajstić information content (AvgIpc) is 2.07. The maximum atomic E-state index is 12.8. The van der Waals surface area contributed by atoms with Crippen LogP contribution in [0.1, 0.15) is 18.9 Å². The molecule has 2 heteroatoms. The van der Waals surface area contributed by atoms with Gasteiger partial charge in [-0.2, -0.15) is 0 Å². The number of halogens is 1. The van der Waals surface area contributed by atoms with Crippen molar-refractivity contribution in [3.63, 3.8) is 0 Å². The van der Waals surface area contributed by atoms with Crippen LogP contribution in [0.4, 0.5) is 4.39 Å². The van der Waals surface area contributed by atoms with Crippen LogP contribution in [-0.4, -0.2) is 5.75 Å².